The van der Waals surface area contributed by atoms with Gasteiger partial charge in [-0.05, 0) is 77.6 Å². The van der Waals surface area contributed by atoms with Gasteiger partial charge in [-0.1, -0.05) is 13.3 Å². The lowest BCUT2D eigenvalue weighted by Crippen LogP contribution is -2.51. The largest absolute Gasteiger partial charge is 0.481 e. The first-order valence-electron chi connectivity index (χ1n) is 11.6. The summed E-state index contributed by atoms with van der Waals surface area (Å²) in [7, 11) is 0. The molecule has 7 nitrogen and oxygen atoms in total. The average molecular weight is 435 g/mol. The van der Waals surface area contributed by atoms with Crippen LogP contribution >= 0.6 is 0 Å². The highest BCUT2D eigenvalue weighted by Gasteiger charge is 2.65. The van der Waals surface area contributed by atoms with E-state index >= 15 is 0 Å². The highest BCUT2D eigenvalue weighted by molar-refractivity contribution is 6.02. The van der Waals surface area contributed by atoms with Crippen molar-refractivity contribution >= 4 is 23.9 Å². The maximum atomic E-state index is 13.5. The Labute approximate surface area is 183 Å². The van der Waals surface area contributed by atoms with E-state index in [-0.39, 0.29) is 0 Å². The third-order valence-corrected chi connectivity index (χ3v) is 9.16. The second-order valence-electron chi connectivity index (χ2n) is 11.3. The molecular weight excluding hydrogens is 400 g/mol. The number of rotatable bonds is 6. The van der Waals surface area contributed by atoms with Gasteiger partial charge in [0.25, 0.3) is 0 Å². The molecule has 1 saturated heterocycles. The maximum Gasteiger partial charge on any atom is 0.318 e. The van der Waals surface area contributed by atoms with E-state index in [0.717, 1.165) is 25.2 Å². The van der Waals surface area contributed by atoms with Gasteiger partial charge in [0.2, 0.25) is 0 Å². The molecule has 31 heavy (non-hydrogen) atoms. The fraction of sp³-hybridized carbons (Fsp3) is 0.833. The van der Waals surface area contributed by atoms with Crippen LogP contribution in [-0.2, 0) is 28.7 Å². The number of carboxylic acid groups (broad SMARTS) is 1. The Kier molecular flexibility index (Phi) is 5.06. The zero-order valence-electron chi connectivity index (χ0n) is 19.1. The van der Waals surface area contributed by atoms with Crippen LogP contribution in [0.15, 0.2) is 0 Å². The van der Waals surface area contributed by atoms with E-state index < -0.39 is 52.1 Å². The van der Waals surface area contributed by atoms with Crippen molar-refractivity contribution in [3.05, 3.63) is 0 Å². The predicted octanol–water partition coefficient (Wildman–Crippen LogP) is 3.59. The van der Waals surface area contributed by atoms with Gasteiger partial charge in [-0.2, -0.15) is 0 Å². The van der Waals surface area contributed by atoms with Crippen molar-refractivity contribution in [2.24, 2.45) is 46.3 Å². The Morgan fingerprint density at radius 1 is 1.06 bits per heavy atom. The lowest BCUT2D eigenvalue weighted by molar-refractivity contribution is -0.188. The van der Waals surface area contributed by atoms with Gasteiger partial charge >= 0.3 is 23.9 Å². The number of carbonyl (C=O) groups excluding carboxylic acids is 3. The van der Waals surface area contributed by atoms with Crippen molar-refractivity contribution in [2.45, 2.75) is 78.7 Å². The Morgan fingerprint density at radius 2 is 1.65 bits per heavy atom. The van der Waals surface area contributed by atoms with Crippen LogP contribution in [0.2, 0.25) is 0 Å². The molecule has 1 N–H and O–H groups in total. The highest BCUT2D eigenvalue weighted by atomic mass is 16.6. The van der Waals surface area contributed by atoms with Crippen LogP contribution in [0, 0.1) is 46.3 Å². The van der Waals surface area contributed by atoms with E-state index in [0.29, 0.717) is 17.8 Å². The van der Waals surface area contributed by atoms with Gasteiger partial charge in [0.1, 0.15) is 5.60 Å². The summed E-state index contributed by atoms with van der Waals surface area (Å²) < 4.78 is 11.1. The highest BCUT2D eigenvalue weighted by Crippen LogP contribution is 2.64. The molecule has 0 spiro atoms. The van der Waals surface area contributed by atoms with Gasteiger partial charge in [-0.3, -0.25) is 19.2 Å². The molecule has 3 saturated carbocycles. The molecule has 4 fully saturated rings. The van der Waals surface area contributed by atoms with Crippen molar-refractivity contribution in [2.75, 3.05) is 0 Å². The van der Waals surface area contributed by atoms with Gasteiger partial charge in [0.05, 0.1) is 22.7 Å². The number of ether oxygens (including phenoxy) is 2. The summed E-state index contributed by atoms with van der Waals surface area (Å²) in [5, 5.41) is 9.66. The predicted molar refractivity (Wildman–Crippen MR) is 109 cm³/mol. The van der Waals surface area contributed by atoms with Gasteiger partial charge in [0.15, 0.2) is 0 Å². The second-order valence-corrected chi connectivity index (χ2v) is 11.3. The van der Waals surface area contributed by atoms with Crippen LogP contribution in [0.25, 0.3) is 0 Å². The topological polar surface area (TPSA) is 107 Å². The van der Waals surface area contributed by atoms with Gasteiger partial charge in [0, 0.05) is 5.92 Å². The van der Waals surface area contributed by atoms with E-state index in [1.54, 1.807) is 13.8 Å². The molecule has 0 aromatic rings. The van der Waals surface area contributed by atoms with E-state index in [2.05, 4.69) is 6.92 Å². The molecule has 0 aromatic heterocycles. The van der Waals surface area contributed by atoms with E-state index in [4.69, 9.17) is 9.47 Å². The summed E-state index contributed by atoms with van der Waals surface area (Å²) in [6.45, 7) is 7.96. The van der Waals surface area contributed by atoms with Crippen LogP contribution < -0.4 is 0 Å². The van der Waals surface area contributed by atoms with Gasteiger partial charge in [-0.15, -0.1) is 0 Å². The molecular formula is C24H34O7. The molecule has 0 amide bonds. The van der Waals surface area contributed by atoms with Crippen LogP contribution in [0.4, 0.5) is 0 Å². The molecule has 7 unspecified atom stereocenters. The normalized spacial score (nSPS) is 39.5. The molecule has 1 aliphatic heterocycles. The van der Waals surface area contributed by atoms with Crippen molar-refractivity contribution < 1.29 is 33.8 Å². The first-order chi connectivity index (χ1) is 14.4. The van der Waals surface area contributed by atoms with Crippen molar-refractivity contribution in [1.29, 1.82) is 0 Å². The number of cyclic esters (lactones) is 2. The number of carbonyl (C=O) groups is 4. The zero-order valence-corrected chi connectivity index (χ0v) is 19.1. The molecule has 1 heterocycles. The van der Waals surface area contributed by atoms with Crippen molar-refractivity contribution in [3.8, 4) is 0 Å². The number of esters is 3. The monoisotopic (exact) mass is 434 g/mol. The minimum atomic E-state index is -1.56. The molecule has 3 aliphatic carbocycles. The fourth-order valence-electron chi connectivity index (χ4n) is 7.31. The van der Waals surface area contributed by atoms with Crippen molar-refractivity contribution in [1.82, 2.24) is 0 Å². The summed E-state index contributed by atoms with van der Waals surface area (Å²) >= 11 is 0. The number of carboxylic acids is 1. The molecule has 4 aliphatic rings. The molecule has 2 bridgehead atoms. The Bertz CT molecular complexity index is 828. The Balaban J connectivity index is 1.61. The number of aliphatic carboxylic acids is 1. The summed E-state index contributed by atoms with van der Waals surface area (Å²) in [6, 6.07) is 0. The van der Waals surface area contributed by atoms with E-state index in [1.165, 1.54) is 33.1 Å². The first-order valence-corrected chi connectivity index (χ1v) is 11.6. The third kappa shape index (κ3) is 3.05. The molecule has 7 heteroatoms. The second kappa shape index (κ2) is 7.04. The van der Waals surface area contributed by atoms with Gasteiger partial charge < -0.3 is 14.6 Å². The van der Waals surface area contributed by atoms with Gasteiger partial charge in [-0.25, -0.2) is 0 Å². The number of fused-ring (bicyclic) bond motifs is 5. The minimum Gasteiger partial charge on any atom is -0.481 e. The first kappa shape index (κ1) is 22.3. The van der Waals surface area contributed by atoms with E-state index in [9.17, 15) is 24.3 Å². The summed E-state index contributed by atoms with van der Waals surface area (Å²) in [4.78, 5) is 50.5. The molecule has 7 atom stereocenters. The summed E-state index contributed by atoms with van der Waals surface area (Å²) in [5.41, 5.74) is -3.48. The maximum absolute atomic E-state index is 13.5. The Hall–Kier alpha value is -1.92. The lowest BCUT2D eigenvalue weighted by Gasteiger charge is -2.44. The molecule has 0 radical (unpaired) electrons. The van der Waals surface area contributed by atoms with Crippen LogP contribution in [0.5, 0.6) is 0 Å². The number of hydrogen-bond donors (Lipinski definition) is 1. The standard InChI is InChI=1S/C24H34O7/c1-6-24(11-12-10-15(24)14-9-7-8-13(12)14)31-21(29)23(4,5)17-16(18(25)30-19(17)26)22(2,3)20(27)28/h12-17H,6-11H2,1-5H3,(H,27,28). The van der Waals surface area contributed by atoms with Crippen LogP contribution in [-0.4, -0.2) is 34.6 Å². The summed E-state index contributed by atoms with van der Waals surface area (Å²) in [5.74, 6) is -3.66. The third-order valence-electron chi connectivity index (χ3n) is 9.16. The molecule has 0 aromatic carbocycles. The smallest absolute Gasteiger partial charge is 0.318 e. The fourth-order valence-corrected chi connectivity index (χ4v) is 7.31. The molecule has 172 valence electrons. The van der Waals surface area contributed by atoms with E-state index in [1.807, 2.05) is 0 Å². The SMILES string of the molecule is CCC1(OC(=O)C(C)(C)C2C(=O)OC(=O)C2C(C)(C)C(=O)O)CC2CC1C1CCCC21. The van der Waals surface area contributed by atoms with Crippen molar-refractivity contribution in [3.63, 3.8) is 0 Å². The average Bonchev–Trinajstić information content (AvgIpc) is 3.41. The minimum absolute atomic E-state index is 0.346. The Morgan fingerprint density at radius 3 is 2.23 bits per heavy atom. The van der Waals surface area contributed by atoms with Crippen LogP contribution in [0.1, 0.15) is 73.1 Å². The zero-order chi connectivity index (χ0) is 22.9. The molecule has 4 rings (SSSR count). The lowest BCUT2D eigenvalue weighted by atomic mass is 9.63. The van der Waals surface area contributed by atoms with Crippen LogP contribution in [0.3, 0.4) is 0 Å². The quantitative estimate of drug-likeness (QED) is 0.503. The summed E-state index contributed by atoms with van der Waals surface area (Å²) in [6.07, 6.45) is 6.37. The number of hydrogen-bond acceptors (Lipinski definition) is 6.